The summed E-state index contributed by atoms with van der Waals surface area (Å²) in [5, 5.41) is 2.34. The first-order valence-electron chi connectivity index (χ1n) is 15.8. The van der Waals surface area contributed by atoms with Crippen LogP contribution in [0.25, 0.3) is 33.0 Å². The summed E-state index contributed by atoms with van der Waals surface area (Å²) in [6.45, 7) is 8.45. The van der Waals surface area contributed by atoms with Gasteiger partial charge in [-0.05, 0) is 102 Å². The number of rotatable bonds is 2. The monoisotopic (exact) mass is 584 g/mol. The molecule has 0 N–H and O–H groups in total. The number of fused-ring (bicyclic) bond motifs is 10. The molecule has 1 fully saturated rings. The van der Waals surface area contributed by atoms with Gasteiger partial charge in [0, 0.05) is 11.1 Å². The van der Waals surface area contributed by atoms with Crippen molar-refractivity contribution < 1.29 is 14.0 Å². The fraction of sp³-hybridized carbons (Fsp3) is 0.171. The predicted octanol–water partition coefficient (Wildman–Crippen LogP) is 9.27. The summed E-state index contributed by atoms with van der Waals surface area (Å²) in [7, 11) is -0.496. The largest absolute Gasteiger partial charge is 0.495 e. The van der Waals surface area contributed by atoms with Crippen LogP contribution in [0, 0.1) is 0 Å². The SMILES string of the molecule is CC1(C)OB(c2cc3ccccc3cc2-c2ccc3c(c2)C2(c4ccccc4O3)c3ccccc3-c3ccccc32)OC1(C)C. The molecular weight excluding hydrogens is 551 g/mol. The third-order valence-electron chi connectivity index (χ3n) is 10.6. The van der Waals surface area contributed by atoms with E-state index in [-0.39, 0.29) is 0 Å². The van der Waals surface area contributed by atoms with Crippen LogP contribution in [0.1, 0.15) is 49.9 Å². The van der Waals surface area contributed by atoms with Gasteiger partial charge in [0.25, 0.3) is 0 Å². The highest BCUT2D eigenvalue weighted by molar-refractivity contribution is 6.64. The number of para-hydroxylation sites is 1. The van der Waals surface area contributed by atoms with E-state index < -0.39 is 23.7 Å². The summed E-state index contributed by atoms with van der Waals surface area (Å²) in [5.41, 5.74) is 9.23. The Hall–Kier alpha value is -4.64. The van der Waals surface area contributed by atoms with Crippen molar-refractivity contribution >= 4 is 23.4 Å². The van der Waals surface area contributed by atoms with Gasteiger partial charge in [0.15, 0.2) is 0 Å². The summed E-state index contributed by atoms with van der Waals surface area (Å²) in [6, 6.07) is 45.9. The van der Waals surface area contributed by atoms with Crippen LogP contribution in [-0.4, -0.2) is 18.3 Å². The Bertz CT molecular complexity index is 2120. The van der Waals surface area contributed by atoms with Crippen LogP contribution in [0.4, 0.5) is 0 Å². The van der Waals surface area contributed by atoms with Crippen molar-refractivity contribution in [3.05, 3.63) is 150 Å². The second-order valence-corrected chi connectivity index (χ2v) is 13.5. The van der Waals surface area contributed by atoms with Crippen molar-refractivity contribution in [2.45, 2.75) is 44.3 Å². The number of benzene rings is 6. The van der Waals surface area contributed by atoms with Crippen molar-refractivity contribution in [2.24, 2.45) is 0 Å². The highest BCUT2D eigenvalue weighted by Crippen LogP contribution is 2.62. The summed E-state index contributed by atoms with van der Waals surface area (Å²) in [5.74, 6) is 1.77. The van der Waals surface area contributed by atoms with E-state index in [1.54, 1.807) is 0 Å². The molecule has 3 nitrogen and oxygen atoms in total. The van der Waals surface area contributed by atoms with Crippen LogP contribution in [0.3, 0.4) is 0 Å². The molecule has 2 heterocycles. The zero-order valence-electron chi connectivity index (χ0n) is 25.9. The molecule has 6 aromatic rings. The van der Waals surface area contributed by atoms with Gasteiger partial charge in [-0.2, -0.15) is 0 Å². The van der Waals surface area contributed by atoms with Gasteiger partial charge in [-0.15, -0.1) is 0 Å². The standard InChI is InChI=1S/C41H33BO3/c1-39(2)40(3,4)45-42(44-39)36-25-27-14-6-5-13-26(27)23-31(36)28-21-22-38-35(24-28)41(34-19-11-12-20-37(34)43-38)32-17-9-7-15-29(32)30-16-8-10-18-33(30)41/h5-25H,1-4H3. The lowest BCUT2D eigenvalue weighted by Crippen LogP contribution is -2.41. The molecule has 2 aliphatic heterocycles. The van der Waals surface area contributed by atoms with Crippen LogP contribution in [0.5, 0.6) is 11.5 Å². The molecule has 4 heteroatoms. The molecule has 0 amide bonds. The van der Waals surface area contributed by atoms with Crippen LogP contribution in [0.2, 0.25) is 0 Å². The van der Waals surface area contributed by atoms with Gasteiger partial charge in [-0.1, -0.05) is 103 Å². The van der Waals surface area contributed by atoms with E-state index in [9.17, 15) is 0 Å². The zero-order valence-corrected chi connectivity index (χ0v) is 25.9. The highest BCUT2D eigenvalue weighted by Gasteiger charge is 2.53. The second-order valence-electron chi connectivity index (χ2n) is 13.5. The molecule has 1 aliphatic carbocycles. The average Bonchev–Trinajstić information content (AvgIpc) is 3.47. The van der Waals surface area contributed by atoms with Crippen LogP contribution < -0.4 is 10.2 Å². The number of ether oxygens (including phenoxy) is 1. The lowest BCUT2D eigenvalue weighted by molar-refractivity contribution is 0.00578. The van der Waals surface area contributed by atoms with Crippen molar-refractivity contribution in [1.82, 2.24) is 0 Å². The van der Waals surface area contributed by atoms with Crippen LogP contribution >= 0.6 is 0 Å². The maximum absolute atomic E-state index is 6.69. The first kappa shape index (κ1) is 26.7. The quantitative estimate of drug-likeness (QED) is 0.190. The summed E-state index contributed by atoms with van der Waals surface area (Å²) in [6.07, 6.45) is 0. The first-order chi connectivity index (χ1) is 21.8. The summed E-state index contributed by atoms with van der Waals surface area (Å²) in [4.78, 5) is 0. The molecule has 0 bridgehead atoms. The van der Waals surface area contributed by atoms with Crippen molar-refractivity contribution in [2.75, 3.05) is 0 Å². The van der Waals surface area contributed by atoms with Gasteiger partial charge in [0.2, 0.25) is 0 Å². The molecule has 3 aliphatic rings. The zero-order chi connectivity index (χ0) is 30.6. The fourth-order valence-corrected chi connectivity index (χ4v) is 7.70. The van der Waals surface area contributed by atoms with E-state index >= 15 is 0 Å². The Kier molecular flexibility index (Phi) is 5.47. The van der Waals surface area contributed by atoms with E-state index in [0.29, 0.717) is 0 Å². The highest BCUT2D eigenvalue weighted by atomic mass is 16.7. The van der Waals surface area contributed by atoms with Gasteiger partial charge < -0.3 is 14.0 Å². The Morgan fingerprint density at radius 1 is 0.467 bits per heavy atom. The lowest BCUT2D eigenvalue weighted by Gasteiger charge is -2.39. The first-order valence-corrected chi connectivity index (χ1v) is 15.8. The van der Waals surface area contributed by atoms with E-state index in [1.165, 1.54) is 27.6 Å². The maximum atomic E-state index is 6.69. The predicted molar refractivity (Wildman–Crippen MR) is 182 cm³/mol. The molecule has 1 saturated heterocycles. The third kappa shape index (κ3) is 3.61. The smallest absolute Gasteiger partial charge is 0.457 e. The summed E-state index contributed by atoms with van der Waals surface area (Å²) >= 11 is 0. The van der Waals surface area contributed by atoms with Gasteiger partial charge in [-0.3, -0.25) is 0 Å². The molecule has 0 aromatic heterocycles. The molecule has 0 unspecified atom stereocenters. The molecule has 1 spiro atoms. The molecule has 0 radical (unpaired) electrons. The van der Waals surface area contributed by atoms with Crippen molar-refractivity contribution in [3.63, 3.8) is 0 Å². The minimum absolute atomic E-state index is 0.449. The summed E-state index contributed by atoms with van der Waals surface area (Å²) < 4.78 is 20.0. The molecule has 6 aromatic carbocycles. The Balaban J connectivity index is 1.33. The maximum Gasteiger partial charge on any atom is 0.495 e. The van der Waals surface area contributed by atoms with E-state index in [1.807, 2.05) is 0 Å². The Morgan fingerprint density at radius 2 is 1.00 bits per heavy atom. The molecule has 45 heavy (non-hydrogen) atoms. The average molecular weight is 585 g/mol. The molecule has 9 rings (SSSR count). The van der Waals surface area contributed by atoms with Crippen molar-refractivity contribution in [3.8, 4) is 33.8 Å². The van der Waals surface area contributed by atoms with Crippen LogP contribution in [-0.2, 0) is 14.7 Å². The van der Waals surface area contributed by atoms with Gasteiger partial charge >= 0.3 is 7.12 Å². The number of hydrogen-bond acceptors (Lipinski definition) is 3. The molecular formula is C41H33BO3. The minimum Gasteiger partial charge on any atom is -0.457 e. The third-order valence-corrected chi connectivity index (χ3v) is 10.6. The van der Waals surface area contributed by atoms with Crippen molar-refractivity contribution in [1.29, 1.82) is 0 Å². The minimum atomic E-state index is -0.519. The van der Waals surface area contributed by atoms with E-state index in [4.69, 9.17) is 14.0 Å². The van der Waals surface area contributed by atoms with Gasteiger partial charge in [-0.25, -0.2) is 0 Å². The van der Waals surface area contributed by atoms with E-state index in [0.717, 1.165) is 44.6 Å². The molecule has 0 atom stereocenters. The fourth-order valence-electron chi connectivity index (χ4n) is 7.70. The van der Waals surface area contributed by atoms with Gasteiger partial charge in [0.1, 0.15) is 11.5 Å². The Morgan fingerprint density at radius 3 is 1.67 bits per heavy atom. The van der Waals surface area contributed by atoms with Crippen LogP contribution in [0.15, 0.2) is 127 Å². The van der Waals surface area contributed by atoms with E-state index in [2.05, 4.69) is 155 Å². The Labute approximate surface area is 264 Å². The normalized spacial score (nSPS) is 17.8. The topological polar surface area (TPSA) is 27.7 Å². The second kappa shape index (κ2) is 9.20. The molecule has 0 saturated carbocycles. The molecule has 218 valence electrons. The lowest BCUT2D eigenvalue weighted by atomic mass is 9.65. The number of hydrogen-bond donors (Lipinski definition) is 0. The van der Waals surface area contributed by atoms with Gasteiger partial charge in [0.05, 0.1) is 16.6 Å².